The summed E-state index contributed by atoms with van der Waals surface area (Å²) >= 11 is 0. The van der Waals surface area contributed by atoms with E-state index in [1.165, 1.54) is 38.5 Å². The van der Waals surface area contributed by atoms with Crippen LogP contribution >= 0.6 is 0 Å². The Bertz CT molecular complexity index is 169. The maximum Gasteiger partial charge on any atom is 0.0572 e. The number of methoxy groups -OCH3 is 1. The zero-order chi connectivity index (χ0) is 9.97. The van der Waals surface area contributed by atoms with Gasteiger partial charge in [0.05, 0.1) is 6.10 Å². The molecule has 2 heteroatoms. The Balaban J connectivity index is 1.64. The molecule has 2 aliphatic carbocycles. The summed E-state index contributed by atoms with van der Waals surface area (Å²) < 4.78 is 5.37. The Morgan fingerprint density at radius 1 is 1.00 bits per heavy atom. The van der Waals surface area contributed by atoms with Crippen LogP contribution in [-0.2, 0) is 4.74 Å². The van der Waals surface area contributed by atoms with Gasteiger partial charge in [0.25, 0.3) is 0 Å². The zero-order valence-corrected chi connectivity index (χ0v) is 9.46. The molecule has 2 saturated carbocycles. The lowest BCUT2D eigenvalue weighted by Gasteiger charge is -2.38. The van der Waals surface area contributed by atoms with Crippen molar-refractivity contribution < 1.29 is 4.74 Å². The van der Waals surface area contributed by atoms with E-state index < -0.39 is 0 Å². The van der Waals surface area contributed by atoms with Gasteiger partial charge in [-0.1, -0.05) is 6.92 Å². The molecule has 0 amide bonds. The normalized spacial score (nSPS) is 43.3. The van der Waals surface area contributed by atoms with Gasteiger partial charge in [-0.25, -0.2) is 0 Å². The smallest absolute Gasteiger partial charge is 0.0572 e. The van der Waals surface area contributed by atoms with Gasteiger partial charge in [0, 0.05) is 19.2 Å². The second-order valence-electron chi connectivity index (χ2n) is 5.15. The first kappa shape index (κ1) is 10.4. The summed E-state index contributed by atoms with van der Waals surface area (Å²) in [6.07, 6.45) is 8.43. The predicted molar refractivity (Wildman–Crippen MR) is 58.4 cm³/mol. The summed E-state index contributed by atoms with van der Waals surface area (Å²) in [5.41, 5.74) is 0. The minimum Gasteiger partial charge on any atom is -0.381 e. The molecule has 2 aliphatic rings. The molecule has 0 atom stereocenters. The number of ether oxygens (including phenoxy) is 1. The SMILES string of the molecule is COC1CCC(NC2CC(C)C2)CC1. The van der Waals surface area contributed by atoms with Gasteiger partial charge in [-0.3, -0.25) is 0 Å². The fraction of sp³-hybridized carbons (Fsp3) is 1.00. The third-order valence-electron chi connectivity index (χ3n) is 3.85. The number of hydrogen-bond acceptors (Lipinski definition) is 2. The second-order valence-corrected chi connectivity index (χ2v) is 5.15. The summed E-state index contributed by atoms with van der Waals surface area (Å²) in [5, 5.41) is 3.77. The molecule has 0 spiro atoms. The van der Waals surface area contributed by atoms with Gasteiger partial charge in [0.15, 0.2) is 0 Å². The Hall–Kier alpha value is -0.0800. The van der Waals surface area contributed by atoms with E-state index in [2.05, 4.69) is 12.2 Å². The van der Waals surface area contributed by atoms with E-state index in [1.807, 2.05) is 7.11 Å². The van der Waals surface area contributed by atoms with Crippen LogP contribution in [-0.4, -0.2) is 25.3 Å². The first-order valence-corrected chi connectivity index (χ1v) is 6.06. The minimum atomic E-state index is 0.536. The lowest BCUT2D eigenvalue weighted by molar-refractivity contribution is 0.0577. The molecule has 2 nitrogen and oxygen atoms in total. The summed E-state index contributed by atoms with van der Waals surface area (Å²) in [6, 6.07) is 1.60. The van der Waals surface area contributed by atoms with Crippen LogP contribution in [0.4, 0.5) is 0 Å². The second kappa shape index (κ2) is 4.63. The lowest BCUT2D eigenvalue weighted by atomic mass is 9.80. The number of hydrogen-bond donors (Lipinski definition) is 1. The third kappa shape index (κ3) is 2.48. The lowest BCUT2D eigenvalue weighted by Crippen LogP contribution is -2.47. The molecule has 0 bridgehead atoms. The van der Waals surface area contributed by atoms with Crippen LogP contribution in [0.3, 0.4) is 0 Å². The molecule has 14 heavy (non-hydrogen) atoms. The molecule has 0 aromatic carbocycles. The average molecular weight is 197 g/mol. The van der Waals surface area contributed by atoms with Crippen molar-refractivity contribution in [3.8, 4) is 0 Å². The highest BCUT2D eigenvalue weighted by atomic mass is 16.5. The Morgan fingerprint density at radius 3 is 2.14 bits per heavy atom. The van der Waals surface area contributed by atoms with Crippen LogP contribution in [0.5, 0.6) is 0 Å². The monoisotopic (exact) mass is 197 g/mol. The Labute approximate surface area is 87.4 Å². The molecule has 2 fully saturated rings. The molecular formula is C12H23NO. The molecule has 0 aromatic heterocycles. The van der Waals surface area contributed by atoms with Gasteiger partial charge >= 0.3 is 0 Å². The van der Waals surface area contributed by atoms with Gasteiger partial charge < -0.3 is 10.1 Å². The average Bonchev–Trinajstić information content (AvgIpc) is 2.17. The van der Waals surface area contributed by atoms with Crippen molar-refractivity contribution in [2.24, 2.45) is 5.92 Å². The van der Waals surface area contributed by atoms with Crippen molar-refractivity contribution in [3.05, 3.63) is 0 Å². The molecule has 0 saturated heterocycles. The fourth-order valence-electron chi connectivity index (χ4n) is 2.84. The van der Waals surface area contributed by atoms with Gasteiger partial charge in [-0.15, -0.1) is 0 Å². The van der Waals surface area contributed by atoms with Crippen molar-refractivity contribution in [1.29, 1.82) is 0 Å². The highest BCUT2D eigenvalue weighted by Crippen LogP contribution is 2.29. The first-order valence-electron chi connectivity index (χ1n) is 6.06. The molecule has 0 aromatic rings. The zero-order valence-electron chi connectivity index (χ0n) is 9.46. The first-order chi connectivity index (χ1) is 6.78. The Morgan fingerprint density at radius 2 is 1.64 bits per heavy atom. The van der Waals surface area contributed by atoms with Crippen molar-refractivity contribution in [2.45, 2.75) is 63.6 Å². The van der Waals surface area contributed by atoms with Gasteiger partial charge in [0.1, 0.15) is 0 Å². The molecule has 0 heterocycles. The summed E-state index contributed by atoms with van der Waals surface area (Å²) in [5.74, 6) is 0.961. The summed E-state index contributed by atoms with van der Waals surface area (Å²) in [4.78, 5) is 0. The molecule has 0 aliphatic heterocycles. The number of nitrogens with one attached hydrogen (secondary N) is 1. The predicted octanol–water partition coefficient (Wildman–Crippen LogP) is 2.33. The molecule has 2 rings (SSSR count). The molecule has 82 valence electrons. The van der Waals surface area contributed by atoms with Crippen LogP contribution in [0.1, 0.15) is 45.4 Å². The van der Waals surface area contributed by atoms with E-state index in [1.54, 1.807) is 0 Å². The maximum atomic E-state index is 5.37. The molecular weight excluding hydrogens is 174 g/mol. The fourth-order valence-corrected chi connectivity index (χ4v) is 2.84. The molecule has 1 N–H and O–H groups in total. The summed E-state index contributed by atoms with van der Waals surface area (Å²) in [7, 11) is 1.84. The van der Waals surface area contributed by atoms with Gasteiger partial charge in [-0.05, 0) is 44.4 Å². The van der Waals surface area contributed by atoms with Crippen molar-refractivity contribution >= 4 is 0 Å². The maximum absolute atomic E-state index is 5.37. The van der Waals surface area contributed by atoms with E-state index in [4.69, 9.17) is 4.74 Å². The third-order valence-corrected chi connectivity index (χ3v) is 3.85. The van der Waals surface area contributed by atoms with Crippen molar-refractivity contribution in [2.75, 3.05) is 7.11 Å². The van der Waals surface area contributed by atoms with Crippen LogP contribution in [0.15, 0.2) is 0 Å². The number of rotatable bonds is 3. The Kier molecular flexibility index (Phi) is 3.45. The quantitative estimate of drug-likeness (QED) is 0.750. The van der Waals surface area contributed by atoms with Crippen LogP contribution in [0, 0.1) is 5.92 Å². The van der Waals surface area contributed by atoms with Gasteiger partial charge in [-0.2, -0.15) is 0 Å². The van der Waals surface area contributed by atoms with E-state index >= 15 is 0 Å². The van der Waals surface area contributed by atoms with E-state index in [0.29, 0.717) is 6.10 Å². The van der Waals surface area contributed by atoms with Crippen LogP contribution < -0.4 is 5.32 Å². The van der Waals surface area contributed by atoms with Gasteiger partial charge in [0.2, 0.25) is 0 Å². The van der Waals surface area contributed by atoms with E-state index in [-0.39, 0.29) is 0 Å². The highest BCUT2D eigenvalue weighted by molar-refractivity contribution is 4.87. The molecule has 0 unspecified atom stereocenters. The standard InChI is InChI=1S/C12H23NO/c1-9-7-11(8-9)13-10-3-5-12(14-2)6-4-10/h9-13H,3-8H2,1-2H3. The van der Waals surface area contributed by atoms with Crippen molar-refractivity contribution in [3.63, 3.8) is 0 Å². The van der Waals surface area contributed by atoms with Crippen LogP contribution in [0.2, 0.25) is 0 Å². The van der Waals surface area contributed by atoms with Crippen LogP contribution in [0.25, 0.3) is 0 Å². The minimum absolute atomic E-state index is 0.536. The summed E-state index contributed by atoms with van der Waals surface area (Å²) in [6.45, 7) is 2.35. The van der Waals surface area contributed by atoms with E-state index in [9.17, 15) is 0 Å². The largest absolute Gasteiger partial charge is 0.381 e. The highest BCUT2D eigenvalue weighted by Gasteiger charge is 2.29. The molecule has 0 radical (unpaired) electrons. The van der Waals surface area contributed by atoms with Crippen molar-refractivity contribution in [1.82, 2.24) is 5.32 Å². The topological polar surface area (TPSA) is 21.3 Å². The van der Waals surface area contributed by atoms with E-state index in [0.717, 1.165) is 18.0 Å².